The highest BCUT2D eigenvalue weighted by atomic mass is 35.5. The van der Waals surface area contributed by atoms with Gasteiger partial charge in [-0.3, -0.25) is 10.1 Å². The Bertz CT molecular complexity index is 419. The Labute approximate surface area is 101 Å². The van der Waals surface area contributed by atoms with E-state index in [0.717, 1.165) is 11.3 Å². The predicted octanol–water partition coefficient (Wildman–Crippen LogP) is 2.02. The molecule has 0 spiro atoms. The molecule has 0 unspecified atom stereocenters. The average molecular weight is 264 g/mol. The van der Waals surface area contributed by atoms with Gasteiger partial charge >= 0.3 is 6.09 Å². The lowest BCUT2D eigenvalue weighted by Crippen LogP contribution is -2.29. The van der Waals surface area contributed by atoms with Crippen LogP contribution in [-0.2, 0) is 0 Å². The molecule has 0 aliphatic carbocycles. The Balaban J connectivity index is 2.83. The predicted molar refractivity (Wildman–Crippen MR) is 61.4 cm³/mol. The normalized spacial score (nSPS) is 10.2. The van der Waals surface area contributed by atoms with E-state index >= 15 is 0 Å². The Hall–Kier alpha value is -1.34. The molecule has 6 nitrogen and oxygen atoms in total. The second-order valence-electron chi connectivity index (χ2n) is 3.20. The summed E-state index contributed by atoms with van der Waals surface area (Å²) in [5.41, 5.74) is 0. The summed E-state index contributed by atoms with van der Waals surface area (Å²) in [6.45, 7) is 3.62. The highest BCUT2D eigenvalue weighted by Gasteiger charge is 2.17. The molecular weight excluding hydrogens is 254 g/mol. The third-order valence-corrected chi connectivity index (χ3v) is 2.78. The van der Waals surface area contributed by atoms with Gasteiger partial charge in [0.25, 0.3) is 5.91 Å². The van der Waals surface area contributed by atoms with Crippen molar-refractivity contribution in [2.45, 2.75) is 19.9 Å². The SMILES string of the molecule is CC(C)NC(=O)c1nc(Cl)c(NC(=O)O)s1. The largest absolute Gasteiger partial charge is 0.465 e. The molecule has 3 N–H and O–H groups in total. The third-order valence-electron chi connectivity index (χ3n) is 1.42. The van der Waals surface area contributed by atoms with E-state index in [9.17, 15) is 9.59 Å². The molecule has 1 rings (SSSR count). The van der Waals surface area contributed by atoms with E-state index in [4.69, 9.17) is 16.7 Å². The number of carboxylic acid groups (broad SMARTS) is 1. The van der Waals surface area contributed by atoms with Crippen LogP contribution in [0.4, 0.5) is 9.80 Å². The molecule has 8 heteroatoms. The van der Waals surface area contributed by atoms with Crippen LogP contribution in [0.1, 0.15) is 23.6 Å². The first-order valence-corrected chi connectivity index (χ1v) is 5.56. The summed E-state index contributed by atoms with van der Waals surface area (Å²) in [6.07, 6.45) is -1.25. The van der Waals surface area contributed by atoms with Gasteiger partial charge in [-0.25, -0.2) is 9.78 Å². The first kappa shape index (κ1) is 12.7. The first-order chi connectivity index (χ1) is 7.40. The first-order valence-electron chi connectivity index (χ1n) is 4.37. The van der Waals surface area contributed by atoms with Gasteiger partial charge in [0.1, 0.15) is 5.00 Å². The molecular formula is C8H10ClN3O3S. The number of nitrogens with zero attached hydrogens (tertiary/aromatic N) is 1. The minimum atomic E-state index is -1.25. The van der Waals surface area contributed by atoms with E-state index in [1.807, 2.05) is 13.8 Å². The van der Waals surface area contributed by atoms with Crippen molar-refractivity contribution in [2.24, 2.45) is 0 Å². The summed E-state index contributed by atoms with van der Waals surface area (Å²) >= 11 is 6.55. The van der Waals surface area contributed by atoms with Crippen LogP contribution in [0.3, 0.4) is 0 Å². The summed E-state index contributed by atoms with van der Waals surface area (Å²) < 4.78 is 0. The fourth-order valence-corrected chi connectivity index (χ4v) is 1.94. The Kier molecular flexibility index (Phi) is 4.08. The molecule has 1 aromatic heterocycles. The third kappa shape index (κ3) is 3.35. The molecule has 0 bridgehead atoms. The summed E-state index contributed by atoms with van der Waals surface area (Å²) in [7, 11) is 0. The number of carbonyl (C=O) groups is 2. The van der Waals surface area contributed by atoms with Crippen molar-refractivity contribution in [3.63, 3.8) is 0 Å². The monoisotopic (exact) mass is 263 g/mol. The minimum absolute atomic E-state index is 0.0222. The number of thiazole rings is 1. The van der Waals surface area contributed by atoms with Crippen molar-refractivity contribution in [1.29, 1.82) is 0 Å². The van der Waals surface area contributed by atoms with E-state index in [-0.39, 0.29) is 27.1 Å². The van der Waals surface area contributed by atoms with Crippen LogP contribution in [0.25, 0.3) is 0 Å². The van der Waals surface area contributed by atoms with Crippen molar-refractivity contribution in [3.05, 3.63) is 10.2 Å². The maximum absolute atomic E-state index is 11.5. The highest BCUT2D eigenvalue weighted by Crippen LogP contribution is 2.28. The van der Waals surface area contributed by atoms with Gasteiger partial charge in [0.2, 0.25) is 0 Å². The van der Waals surface area contributed by atoms with Gasteiger partial charge in [-0.15, -0.1) is 0 Å². The van der Waals surface area contributed by atoms with Crippen molar-refractivity contribution >= 4 is 39.9 Å². The molecule has 0 atom stereocenters. The zero-order valence-corrected chi connectivity index (χ0v) is 10.1. The average Bonchev–Trinajstić information content (AvgIpc) is 2.45. The summed E-state index contributed by atoms with van der Waals surface area (Å²) in [5, 5.41) is 13.4. The number of amides is 2. The molecule has 0 saturated heterocycles. The lowest BCUT2D eigenvalue weighted by atomic mass is 10.4. The molecule has 0 fully saturated rings. The molecule has 0 aliphatic heterocycles. The second kappa shape index (κ2) is 5.13. The molecule has 1 heterocycles. The zero-order chi connectivity index (χ0) is 12.3. The van der Waals surface area contributed by atoms with Crippen LogP contribution in [-0.4, -0.2) is 28.1 Å². The standard InChI is InChI=1S/C8H10ClN3O3S/c1-3(2)10-5(13)7-11-4(9)6(16-7)12-8(14)15/h3,12H,1-2H3,(H,10,13)(H,14,15). The molecule has 0 aliphatic rings. The fourth-order valence-electron chi connectivity index (χ4n) is 0.897. The van der Waals surface area contributed by atoms with E-state index in [2.05, 4.69) is 15.6 Å². The van der Waals surface area contributed by atoms with Crippen LogP contribution in [0.15, 0.2) is 0 Å². The Morgan fingerprint density at radius 3 is 2.62 bits per heavy atom. The minimum Gasteiger partial charge on any atom is -0.465 e. The van der Waals surface area contributed by atoms with Gasteiger partial charge in [0, 0.05) is 6.04 Å². The maximum atomic E-state index is 11.5. The van der Waals surface area contributed by atoms with Crippen molar-refractivity contribution in [3.8, 4) is 0 Å². The topological polar surface area (TPSA) is 91.3 Å². The van der Waals surface area contributed by atoms with E-state index in [0.29, 0.717) is 0 Å². The van der Waals surface area contributed by atoms with Gasteiger partial charge in [0.15, 0.2) is 10.2 Å². The zero-order valence-electron chi connectivity index (χ0n) is 8.57. The number of hydrogen-bond donors (Lipinski definition) is 3. The lowest BCUT2D eigenvalue weighted by Gasteiger charge is -2.04. The van der Waals surface area contributed by atoms with Crippen LogP contribution < -0.4 is 10.6 Å². The van der Waals surface area contributed by atoms with Crippen molar-refractivity contribution < 1.29 is 14.7 Å². The van der Waals surface area contributed by atoms with E-state index in [1.54, 1.807) is 0 Å². The Morgan fingerprint density at radius 1 is 1.50 bits per heavy atom. The Morgan fingerprint density at radius 2 is 2.12 bits per heavy atom. The van der Waals surface area contributed by atoms with Gasteiger partial charge < -0.3 is 10.4 Å². The van der Waals surface area contributed by atoms with Crippen LogP contribution >= 0.6 is 22.9 Å². The number of nitrogens with one attached hydrogen (secondary N) is 2. The molecule has 16 heavy (non-hydrogen) atoms. The van der Waals surface area contributed by atoms with Crippen molar-refractivity contribution in [1.82, 2.24) is 10.3 Å². The van der Waals surface area contributed by atoms with Crippen LogP contribution in [0.2, 0.25) is 5.15 Å². The highest BCUT2D eigenvalue weighted by molar-refractivity contribution is 7.18. The molecule has 0 aromatic carbocycles. The van der Waals surface area contributed by atoms with Gasteiger partial charge in [-0.2, -0.15) is 0 Å². The summed E-state index contributed by atoms with van der Waals surface area (Å²) in [6, 6.07) is -0.0222. The van der Waals surface area contributed by atoms with E-state index in [1.165, 1.54) is 0 Å². The summed E-state index contributed by atoms with van der Waals surface area (Å²) in [4.78, 5) is 25.7. The maximum Gasteiger partial charge on any atom is 0.409 e. The molecule has 0 radical (unpaired) electrons. The smallest absolute Gasteiger partial charge is 0.409 e. The number of anilines is 1. The van der Waals surface area contributed by atoms with Crippen LogP contribution in [0.5, 0.6) is 0 Å². The number of halogens is 1. The second-order valence-corrected chi connectivity index (χ2v) is 4.55. The van der Waals surface area contributed by atoms with Gasteiger partial charge in [-0.1, -0.05) is 22.9 Å². The quantitative estimate of drug-likeness (QED) is 0.778. The summed E-state index contributed by atoms with van der Waals surface area (Å²) in [5.74, 6) is -0.375. The number of carbonyl (C=O) groups excluding carboxylic acids is 1. The fraction of sp³-hybridized carbons (Fsp3) is 0.375. The van der Waals surface area contributed by atoms with Crippen molar-refractivity contribution in [2.75, 3.05) is 5.32 Å². The lowest BCUT2D eigenvalue weighted by molar-refractivity contribution is 0.0942. The molecule has 2 amide bonds. The van der Waals surface area contributed by atoms with E-state index < -0.39 is 6.09 Å². The molecule has 1 aromatic rings. The van der Waals surface area contributed by atoms with Gasteiger partial charge in [0.05, 0.1) is 0 Å². The van der Waals surface area contributed by atoms with Crippen LogP contribution in [0, 0.1) is 0 Å². The number of aromatic nitrogens is 1. The molecule has 0 saturated carbocycles. The number of hydrogen-bond acceptors (Lipinski definition) is 4. The molecule has 88 valence electrons. The number of rotatable bonds is 3. The van der Waals surface area contributed by atoms with Gasteiger partial charge in [-0.05, 0) is 13.8 Å².